The van der Waals surface area contributed by atoms with Gasteiger partial charge >= 0.3 is 5.69 Å². The summed E-state index contributed by atoms with van der Waals surface area (Å²) in [7, 11) is 1.54. The standard InChI is InChI=1S/C22H18N4O4/c1-30-17-9-7-15(8-10-17)19(27)14-25-18-6-4-12-24-20(18)21(28)26(22(25)29)13-16-5-2-3-11-23-16/h2-12H,13-14H2,1H3. The van der Waals surface area contributed by atoms with Crippen molar-refractivity contribution in [3.63, 3.8) is 0 Å². The van der Waals surface area contributed by atoms with Crippen LogP contribution in [0.1, 0.15) is 16.1 Å². The largest absolute Gasteiger partial charge is 0.497 e. The van der Waals surface area contributed by atoms with Crippen LogP contribution in [0.5, 0.6) is 5.75 Å². The monoisotopic (exact) mass is 402 g/mol. The van der Waals surface area contributed by atoms with E-state index in [1.165, 1.54) is 10.8 Å². The molecule has 150 valence electrons. The Labute approximate surface area is 171 Å². The van der Waals surface area contributed by atoms with Gasteiger partial charge in [0.05, 0.1) is 31.4 Å². The van der Waals surface area contributed by atoms with Crippen molar-refractivity contribution in [3.05, 3.63) is 99.1 Å². The highest BCUT2D eigenvalue weighted by atomic mass is 16.5. The number of nitrogens with zero attached hydrogens (tertiary/aromatic N) is 4. The van der Waals surface area contributed by atoms with Gasteiger partial charge in [-0.25, -0.2) is 9.78 Å². The number of benzene rings is 1. The predicted molar refractivity (Wildman–Crippen MR) is 111 cm³/mol. The van der Waals surface area contributed by atoms with Gasteiger partial charge in [0, 0.05) is 18.0 Å². The summed E-state index contributed by atoms with van der Waals surface area (Å²) >= 11 is 0. The topological polar surface area (TPSA) is 96.1 Å². The molecule has 0 aliphatic carbocycles. The van der Waals surface area contributed by atoms with Crippen LogP contribution in [0, 0.1) is 0 Å². The summed E-state index contributed by atoms with van der Waals surface area (Å²) in [6.45, 7) is -0.238. The molecule has 0 aliphatic rings. The Balaban J connectivity index is 1.81. The number of pyridine rings is 2. The third kappa shape index (κ3) is 3.62. The molecular formula is C22H18N4O4. The first-order valence-corrected chi connectivity index (χ1v) is 9.24. The fraction of sp³-hybridized carbons (Fsp3) is 0.136. The van der Waals surface area contributed by atoms with E-state index in [2.05, 4.69) is 9.97 Å². The van der Waals surface area contributed by atoms with Gasteiger partial charge in [0.15, 0.2) is 11.3 Å². The van der Waals surface area contributed by atoms with Gasteiger partial charge in [-0.3, -0.25) is 23.7 Å². The number of methoxy groups -OCH3 is 1. The van der Waals surface area contributed by atoms with Gasteiger partial charge in [0.25, 0.3) is 5.56 Å². The fourth-order valence-electron chi connectivity index (χ4n) is 3.20. The van der Waals surface area contributed by atoms with E-state index >= 15 is 0 Å². The van der Waals surface area contributed by atoms with E-state index in [1.54, 1.807) is 67.9 Å². The zero-order chi connectivity index (χ0) is 21.1. The zero-order valence-electron chi connectivity index (χ0n) is 16.2. The molecule has 0 saturated heterocycles. The van der Waals surface area contributed by atoms with Crippen LogP contribution in [-0.2, 0) is 13.1 Å². The highest BCUT2D eigenvalue weighted by molar-refractivity contribution is 5.96. The summed E-state index contributed by atoms with van der Waals surface area (Å²) in [5, 5.41) is 0. The van der Waals surface area contributed by atoms with Gasteiger partial charge in [-0.05, 0) is 48.5 Å². The first-order chi connectivity index (χ1) is 14.6. The Morgan fingerprint density at radius 3 is 2.40 bits per heavy atom. The molecule has 0 atom stereocenters. The number of ether oxygens (including phenoxy) is 1. The Hall–Kier alpha value is -4.07. The van der Waals surface area contributed by atoms with Crippen LogP contribution in [0.2, 0.25) is 0 Å². The lowest BCUT2D eigenvalue weighted by Crippen LogP contribution is -2.41. The minimum absolute atomic E-state index is 0.0122. The van der Waals surface area contributed by atoms with Crippen molar-refractivity contribution in [3.8, 4) is 5.75 Å². The minimum atomic E-state index is -0.590. The van der Waals surface area contributed by atoms with E-state index in [0.717, 1.165) is 4.57 Å². The first-order valence-electron chi connectivity index (χ1n) is 9.24. The van der Waals surface area contributed by atoms with Crippen LogP contribution >= 0.6 is 0 Å². The highest BCUT2D eigenvalue weighted by Gasteiger charge is 2.17. The first kappa shape index (κ1) is 19.3. The molecule has 0 amide bonds. The number of Topliss-reactive ketones (excluding diaryl/α,β-unsaturated/α-hetero) is 1. The molecule has 30 heavy (non-hydrogen) atoms. The molecule has 1 aromatic carbocycles. The van der Waals surface area contributed by atoms with Crippen LogP contribution in [0.3, 0.4) is 0 Å². The number of hydrogen-bond donors (Lipinski definition) is 0. The summed E-state index contributed by atoms with van der Waals surface area (Å²) in [5.74, 6) is 0.357. The zero-order valence-corrected chi connectivity index (χ0v) is 16.2. The molecule has 0 fully saturated rings. The average molecular weight is 402 g/mol. The maximum absolute atomic E-state index is 13.2. The molecule has 0 saturated carbocycles. The minimum Gasteiger partial charge on any atom is -0.497 e. The third-order valence-corrected chi connectivity index (χ3v) is 4.75. The number of ketones is 1. The number of carbonyl (C=O) groups is 1. The van der Waals surface area contributed by atoms with Crippen LogP contribution < -0.4 is 16.0 Å². The second kappa shape index (κ2) is 8.12. The maximum atomic E-state index is 13.2. The van der Waals surface area contributed by atoms with Crippen molar-refractivity contribution < 1.29 is 9.53 Å². The Morgan fingerprint density at radius 1 is 0.933 bits per heavy atom. The predicted octanol–water partition coefficient (Wildman–Crippen LogP) is 1.89. The van der Waals surface area contributed by atoms with Crippen molar-refractivity contribution in [2.75, 3.05) is 7.11 Å². The molecule has 0 unspecified atom stereocenters. The van der Waals surface area contributed by atoms with Crippen LogP contribution in [0.4, 0.5) is 0 Å². The second-order valence-corrected chi connectivity index (χ2v) is 6.60. The van der Waals surface area contributed by atoms with E-state index < -0.39 is 11.2 Å². The average Bonchev–Trinajstić information content (AvgIpc) is 2.80. The summed E-state index contributed by atoms with van der Waals surface area (Å²) in [6.07, 6.45) is 3.07. The number of hydrogen-bond acceptors (Lipinski definition) is 6. The van der Waals surface area contributed by atoms with Crippen molar-refractivity contribution in [2.24, 2.45) is 0 Å². The van der Waals surface area contributed by atoms with Crippen molar-refractivity contribution in [1.82, 2.24) is 19.1 Å². The quantitative estimate of drug-likeness (QED) is 0.457. The van der Waals surface area contributed by atoms with Gasteiger partial charge in [-0.15, -0.1) is 0 Å². The molecule has 8 nitrogen and oxygen atoms in total. The lowest BCUT2D eigenvalue weighted by molar-refractivity contribution is 0.0971. The normalized spacial score (nSPS) is 10.8. The molecule has 0 radical (unpaired) electrons. The number of rotatable bonds is 6. The molecule has 3 aromatic heterocycles. The van der Waals surface area contributed by atoms with Crippen molar-refractivity contribution >= 4 is 16.8 Å². The molecule has 4 rings (SSSR count). The lowest BCUT2D eigenvalue weighted by Gasteiger charge is -2.13. The van der Waals surface area contributed by atoms with Crippen LogP contribution in [0.25, 0.3) is 11.0 Å². The maximum Gasteiger partial charge on any atom is 0.332 e. The van der Waals surface area contributed by atoms with E-state index in [1.807, 2.05) is 0 Å². The number of fused-ring (bicyclic) bond motifs is 1. The third-order valence-electron chi connectivity index (χ3n) is 4.75. The number of carbonyl (C=O) groups excluding carboxylic acids is 1. The molecule has 0 spiro atoms. The van der Waals surface area contributed by atoms with Gasteiger partial charge in [-0.2, -0.15) is 0 Å². The van der Waals surface area contributed by atoms with Gasteiger partial charge < -0.3 is 4.74 Å². The van der Waals surface area contributed by atoms with Crippen LogP contribution in [0.15, 0.2) is 76.6 Å². The van der Waals surface area contributed by atoms with Gasteiger partial charge in [0.2, 0.25) is 0 Å². The molecular weight excluding hydrogens is 384 g/mol. The molecule has 8 heteroatoms. The Morgan fingerprint density at radius 2 is 1.70 bits per heavy atom. The van der Waals surface area contributed by atoms with E-state index in [9.17, 15) is 14.4 Å². The fourth-order valence-corrected chi connectivity index (χ4v) is 3.20. The smallest absolute Gasteiger partial charge is 0.332 e. The van der Waals surface area contributed by atoms with Gasteiger partial charge in [-0.1, -0.05) is 6.07 Å². The molecule has 0 N–H and O–H groups in total. The summed E-state index contributed by atoms with van der Waals surface area (Å²) < 4.78 is 7.44. The molecule has 3 heterocycles. The van der Waals surface area contributed by atoms with E-state index in [0.29, 0.717) is 22.5 Å². The lowest BCUT2D eigenvalue weighted by atomic mass is 10.1. The second-order valence-electron chi connectivity index (χ2n) is 6.60. The molecule has 0 aliphatic heterocycles. The molecule has 4 aromatic rings. The summed E-state index contributed by atoms with van der Waals surface area (Å²) in [6, 6.07) is 15.1. The molecule has 0 bridgehead atoms. The van der Waals surface area contributed by atoms with Crippen molar-refractivity contribution in [1.29, 1.82) is 0 Å². The number of aromatic nitrogens is 4. The van der Waals surface area contributed by atoms with E-state index in [-0.39, 0.29) is 24.4 Å². The van der Waals surface area contributed by atoms with E-state index in [4.69, 9.17) is 4.74 Å². The SMILES string of the molecule is COc1ccc(C(=O)Cn2c(=O)n(Cc3ccccn3)c(=O)c3ncccc32)cc1. The highest BCUT2D eigenvalue weighted by Crippen LogP contribution is 2.13. The van der Waals surface area contributed by atoms with Crippen molar-refractivity contribution in [2.45, 2.75) is 13.1 Å². The van der Waals surface area contributed by atoms with Gasteiger partial charge in [0.1, 0.15) is 5.75 Å². The Bertz CT molecular complexity index is 1330. The van der Waals surface area contributed by atoms with Crippen LogP contribution in [-0.4, -0.2) is 32.0 Å². The Kier molecular flexibility index (Phi) is 5.21. The summed E-state index contributed by atoms with van der Waals surface area (Å²) in [5.41, 5.74) is 0.312. The summed E-state index contributed by atoms with van der Waals surface area (Å²) in [4.78, 5) is 47.2.